The van der Waals surface area contributed by atoms with E-state index in [1.165, 1.54) is 23.5 Å². The second-order valence-corrected chi connectivity index (χ2v) is 8.33. The Hall–Kier alpha value is -3.50. The molecule has 4 aromatic rings. The molecule has 158 valence electrons. The molecule has 2 aromatic carbocycles. The monoisotopic (exact) mass is 437 g/mol. The molecular weight excluding hydrogens is 418 g/mol. The van der Waals surface area contributed by atoms with Crippen LogP contribution in [0.3, 0.4) is 0 Å². The number of carbonyl (C=O) groups is 1. The van der Waals surface area contributed by atoms with Gasteiger partial charge in [-0.05, 0) is 29.8 Å². The number of aromatic amines is 1. The van der Waals surface area contributed by atoms with Gasteiger partial charge in [0, 0.05) is 48.0 Å². The van der Waals surface area contributed by atoms with Gasteiger partial charge in [0.1, 0.15) is 0 Å². The predicted molar refractivity (Wildman–Crippen MR) is 120 cm³/mol. The lowest BCUT2D eigenvalue weighted by atomic mass is 10.1. The first-order valence-electron chi connectivity index (χ1n) is 9.84. The lowest BCUT2D eigenvalue weighted by Gasteiger charge is -2.28. The van der Waals surface area contributed by atoms with Gasteiger partial charge < -0.3 is 19.9 Å². The summed E-state index contributed by atoms with van der Waals surface area (Å²) in [6.45, 7) is 3.16. The summed E-state index contributed by atoms with van der Waals surface area (Å²) in [5.74, 6) is -0.222. The van der Waals surface area contributed by atoms with Crippen molar-refractivity contribution in [1.82, 2.24) is 9.97 Å². The third-order valence-corrected chi connectivity index (χ3v) is 6.24. The molecule has 0 radical (unpaired) electrons. The molecule has 0 saturated carbocycles. The lowest BCUT2D eigenvalue weighted by Crippen LogP contribution is -2.36. The topological polar surface area (TPSA) is 113 Å². The lowest BCUT2D eigenvalue weighted by molar-refractivity contribution is -0.384. The van der Waals surface area contributed by atoms with Crippen LogP contribution in [0.4, 0.5) is 16.5 Å². The fraction of sp³-hybridized carbons (Fsp3) is 0.238. The number of nitrogens with zero attached hydrogens (tertiary/aromatic N) is 3. The number of hydrogen-bond donors (Lipinski definition) is 2. The quantitative estimate of drug-likeness (QED) is 0.364. The molecule has 0 bridgehead atoms. The Kier molecular flexibility index (Phi) is 5.00. The molecule has 9 nitrogen and oxygen atoms in total. The number of fused-ring (bicyclic) bond motifs is 2. The van der Waals surface area contributed by atoms with Crippen LogP contribution in [-0.2, 0) is 16.0 Å². The number of thiazole rings is 1. The van der Waals surface area contributed by atoms with Crippen molar-refractivity contribution in [1.29, 1.82) is 0 Å². The molecule has 1 fully saturated rings. The minimum atomic E-state index is -0.442. The van der Waals surface area contributed by atoms with E-state index in [2.05, 4.69) is 26.3 Å². The smallest absolute Gasteiger partial charge is 0.270 e. The Morgan fingerprint density at radius 2 is 2.10 bits per heavy atom. The van der Waals surface area contributed by atoms with E-state index >= 15 is 0 Å². The van der Waals surface area contributed by atoms with Crippen molar-refractivity contribution in [3.63, 3.8) is 0 Å². The molecule has 0 atom stereocenters. The zero-order chi connectivity index (χ0) is 21.4. The fourth-order valence-electron chi connectivity index (χ4n) is 3.75. The highest BCUT2D eigenvalue weighted by atomic mass is 32.1. The Balaban J connectivity index is 1.32. The van der Waals surface area contributed by atoms with Gasteiger partial charge in [-0.3, -0.25) is 14.9 Å². The summed E-state index contributed by atoms with van der Waals surface area (Å²) in [5.41, 5.74) is 3.41. The van der Waals surface area contributed by atoms with Crippen LogP contribution >= 0.6 is 11.3 Å². The zero-order valence-corrected chi connectivity index (χ0v) is 17.3. The third-order valence-electron chi connectivity index (χ3n) is 5.31. The molecule has 0 unspecified atom stereocenters. The van der Waals surface area contributed by atoms with Crippen molar-refractivity contribution < 1.29 is 14.5 Å². The van der Waals surface area contributed by atoms with Gasteiger partial charge in [0.25, 0.3) is 5.69 Å². The summed E-state index contributed by atoms with van der Waals surface area (Å²) in [4.78, 5) is 33.1. The van der Waals surface area contributed by atoms with E-state index in [9.17, 15) is 14.9 Å². The molecular formula is C21H19N5O4S. The van der Waals surface area contributed by atoms with Crippen LogP contribution in [0.2, 0.25) is 0 Å². The highest BCUT2D eigenvalue weighted by Gasteiger charge is 2.16. The van der Waals surface area contributed by atoms with Crippen LogP contribution in [0, 0.1) is 10.1 Å². The average molecular weight is 437 g/mol. The summed E-state index contributed by atoms with van der Waals surface area (Å²) in [6, 6.07) is 10.7. The van der Waals surface area contributed by atoms with Gasteiger partial charge in [-0.2, -0.15) is 0 Å². The van der Waals surface area contributed by atoms with Crippen molar-refractivity contribution in [2.75, 3.05) is 36.5 Å². The molecule has 1 saturated heterocycles. The summed E-state index contributed by atoms with van der Waals surface area (Å²) in [7, 11) is 0. The zero-order valence-electron chi connectivity index (χ0n) is 16.5. The largest absolute Gasteiger partial charge is 0.378 e. The van der Waals surface area contributed by atoms with E-state index in [0.717, 1.165) is 47.7 Å². The first-order chi connectivity index (χ1) is 15.1. The van der Waals surface area contributed by atoms with Crippen LogP contribution in [0.1, 0.15) is 5.56 Å². The Labute approximate surface area is 180 Å². The number of carbonyl (C=O) groups excluding carboxylic acids is 1. The van der Waals surface area contributed by atoms with Gasteiger partial charge in [0.15, 0.2) is 5.13 Å². The summed E-state index contributed by atoms with van der Waals surface area (Å²) >= 11 is 1.43. The number of morpholine rings is 1. The Bertz CT molecular complexity index is 1290. The van der Waals surface area contributed by atoms with Crippen molar-refractivity contribution >= 4 is 54.9 Å². The number of hydrogen-bond acceptors (Lipinski definition) is 7. The maximum atomic E-state index is 12.6. The van der Waals surface area contributed by atoms with Crippen LogP contribution in [0.25, 0.3) is 21.1 Å². The molecule has 0 aliphatic carbocycles. The number of ether oxygens (including phenoxy) is 1. The standard InChI is InChI=1S/C21H19N5O4S/c27-20(9-13-12-22-17-3-2-15(26(28)29)10-16(13)17)24-21-23-18-4-1-14(11-19(18)31-21)25-5-7-30-8-6-25/h1-4,10-12,22H,5-9H2,(H,23,24,27). The molecule has 1 aliphatic heterocycles. The normalized spacial score (nSPS) is 14.3. The van der Waals surface area contributed by atoms with Gasteiger partial charge in [0.05, 0.1) is 34.8 Å². The number of nitro benzene ring substituents is 1. The SMILES string of the molecule is O=C(Cc1c[nH]c2ccc([N+](=O)[O-])cc12)Nc1nc2ccc(N3CCOCC3)cc2s1. The molecule has 3 heterocycles. The molecule has 0 spiro atoms. The minimum Gasteiger partial charge on any atom is -0.378 e. The number of amides is 1. The van der Waals surface area contributed by atoms with E-state index < -0.39 is 4.92 Å². The maximum absolute atomic E-state index is 12.6. The van der Waals surface area contributed by atoms with E-state index in [1.807, 2.05) is 12.1 Å². The van der Waals surface area contributed by atoms with Crippen molar-refractivity contribution in [3.05, 3.63) is 58.3 Å². The highest BCUT2D eigenvalue weighted by molar-refractivity contribution is 7.22. The first-order valence-corrected chi connectivity index (χ1v) is 10.7. The van der Waals surface area contributed by atoms with E-state index in [0.29, 0.717) is 16.1 Å². The van der Waals surface area contributed by atoms with E-state index in [4.69, 9.17) is 4.74 Å². The molecule has 2 aromatic heterocycles. The van der Waals surface area contributed by atoms with Gasteiger partial charge in [0.2, 0.25) is 5.91 Å². The van der Waals surface area contributed by atoms with E-state index in [-0.39, 0.29) is 18.0 Å². The number of nitro groups is 1. The number of aromatic nitrogens is 2. The third kappa shape index (κ3) is 3.94. The summed E-state index contributed by atoms with van der Waals surface area (Å²) in [6.07, 6.45) is 1.80. The Morgan fingerprint density at radius 3 is 2.90 bits per heavy atom. The molecule has 31 heavy (non-hydrogen) atoms. The van der Waals surface area contributed by atoms with Crippen molar-refractivity contribution in [3.8, 4) is 0 Å². The van der Waals surface area contributed by atoms with Gasteiger partial charge in [-0.15, -0.1) is 0 Å². The fourth-order valence-corrected chi connectivity index (χ4v) is 4.66. The highest BCUT2D eigenvalue weighted by Crippen LogP contribution is 2.30. The molecule has 2 N–H and O–H groups in total. The first kappa shape index (κ1) is 19.5. The summed E-state index contributed by atoms with van der Waals surface area (Å²) < 4.78 is 6.41. The number of non-ortho nitro benzene ring substituents is 1. The molecule has 1 amide bonds. The van der Waals surface area contributed by atoms with E-state index in [1.54, 1.807) is 12.3 Å². The molecule has 5 rings (SSSR count). The second-order valence-electron chi connectivity index (χ2n) is 7.30. The van der Waals surface area contributed by atoms with Gasteiger partial charge >= 0.3 is 0 Å². The van der Waals surface area contributed by atoms with Crippen LogP contribution in [-0.4, -0.2) is 47.1 Å². The number of rotatable bonds is 5. The number of nitrogens with one attached hydrogen (secondary N) is 2. The molecule has 10 heteroatoms. The maximum Gasteiger partial charge on any atom is 0.270 e. The average Bonchev–Trinajstić information content (AvgIpc) is 3.36. The van der Waals surface area contributed by atoms with Crippen LogP contribution in [0.15, 0.2) is 42.6 Å². The van der Waals surface area contributed by atoms with Gasteiger partial charge in [-0.25, -0.2) is 4.98 Å². The van der Waals surface area contributed by atoms with Crippen molar-refractivity contribution in [2.45, 2.75) is 6.42 Å². The van der Waals surface area contributed by atoms with Crippen LogP contribution < -0.4 is 10.2 Å². The van der Waals surface area contributed by atoms with Crippen molar-refractivity contribution in [2.24, 2.45) is 0 Å². The van der Waals surface area contributed by atoms with Gasteiger partial charge in [-0.1, -0.05) is 11.3 Å². The number of benzene rings is 2. The predicted octanol–water partition coefficient (Wildman–Crippen LogP) is 3.70. The number of anilines is 2. The number of H-pyrrole nitrogens is 1. The second kappa shape index (κ2) is 7.97. The molecule has 1 aliphatic rings. The Morgan fingerprint density at radius 1 is 1.26 bits per heavy atom. The van der Waals surface area contributed by atoms with Crippen LogP contribution in [0.5, 0.6) is 0 Å². The minimum absolute atomic E-state index is 0.00370. The summed E-state index contributed by atoms with van der Waals surface area (Å²) in [5, 5.41) is 15.1.